The standard InChI is InChI=1S/C8H12N2O4/c1-8(2)13-5-6(14-8)4-12-7(11)3-10-9/h3,6H,4-5H2,1-2H3/t6-/m1/s1. The van der Waals surface area contributed by atoms with Gasteiger partial charge in [0.2, 0.25) is 0 Å². The number of ether oxygens (including phenoxy) is 3. The molecule has 0 aromatic carbocycles. The van der Waals surface area contributed by atoms with Crippen LogP contribution in [0.2, 0.25) is 0 Å². The smallest absolute Gasteiger partial charge is 0.413 e. The van der Waals surface area contributed by atoms with E-state index in [0.717, 1.165) is 0 Å². The van der Waals surface area contributed by atoms with Crippen molar-refractivity contribution in [3.63, 3.8) is 0 Å². The number of carbonyl (C=O) groups excluding carboxylic acids is 1. The van der Waals surface area contributed by atoms with Gasteiger partial charge in [0.05, 0.1) is 6.61 Å². The quantitative estimate of drug-likeness (QED) is 0.277. The zero-order chi connectivity index (χ0) is 10.6. The van der Waals surface area contributed by atoms with Crippen LogP contribution in [0.4, 0.5) is 0 Å². The molecule has 1 atom stereocenters. The fraction of sp³-hybridized carbons (Fsp3) is 0.750. The summed E-state index contributed by atoms with van der Waals surface area (Å²) in [6, 6.07) is 0. The van der Waals surface area contributed by atoms with Gasteiger partial charge in [0, 0.05) is 0 Å². The van der Waals surface area contributed by atoms with Gasteiger partial charge in [-0.15, -0.1) is 0 Å². The average molecular weight is 200 g/mol. The van der Waals surface area contributed by atoms with Gasteiger partial charge in [-0.05, 0) is 13.8 Å². The minimum Gasteiger partial charge on any atom is -0.454 e. The van der Waals surface area contributed by atoms with E-state index in [2.05, 4.69) is 4.79 Å². The first-order valence-electron chi connectivity index (χ1n) is 4.19. The third-order valence-corrected chi connectivity index (χ3v) is 1.64. The fourth-order valence-electron chi connectivity index (χ4n) is 1.10. The van der Waals surface area contributed by atoms with Crippen molar-refractivity contribution in [2.45, 2.75) is 25.7 Å². The highest BCUT2D eigenvalue weighted by Crippen LogP contribution is 2.22. The SMILES string of the molecule is CC1(C)OC[C@@H](COC(=O)C=[N+]=[N-])O1. The van der Waals surface area contributed by atoms with Crippen molar-refractivity contribution >= 4 is 12.2 Å². The maximum atomic E-state index is 10.7. The summed E-state index contributed by atoms with van der Waals surface area (Å²) in [7, 11) is 0. The maximum absolute atomic E-state index is 10.7. The highest BCUT2D eigenvalue weighted by atomic mass is 16.7. The van der Waals surface area contributed by atoms with E-state index in [1.54, 1.807) is 13.8 Å². The second-order valence-corrected chi connectivity index (χ2v) is 3.33. The van der Waals surface area contributed by atoms with Crippen molar-refractivity contribution in [3.8, 4) is 0 Å². The van der Waals surface area contributed by atoms with E-state index in [1.807, 2.05) is 0 Å². The monoisotopic (exact) mass is 200 g/mol. The molecule has 14 heavy (non-hydrogen) atoms. The van der Waals surface area contributed by atoms with Gasteiger partial charge < -0.3 is 19.7 Å². The summed E-state index contributed by atoms with van der Waals surface area (Å²) >= 11 is 0. The lowest BCUT2D eigenvalue weighted by Gasteiger charge is -2.16. The zero-order valence-corrected chi connectivity index (χ0v) is 8.10. The summed E-state index contributed by atoms with van der Waals surface area (Å²) in [5, 5.41) is 0. The molecule has 0 aromatic heterocycles. The van der Waals surface area contributed by atoms with E-state index in [0.29, 0.717) is 12.8 Å². The van der Waals surface area contributed by atoms with Crippen LogP contribution in [0.15, 0.2) is 0 Å². The minimum atomic E-state index is -0.708. The third kappa shape index (κ3) is 3.26. The molecule has 0 saturated carbocycles. The first kappa shape index (κ1) is 10.8. The molecule has 0 bridgehead atoms. The Balaban J connectivity index is 2.27. The van der Waals surface area contributed by atoms with Crippen LogP contribution < -0.4 is 0 Å². The molecule has 0 spiro atoms. The zero-order valence-electron chi connectivity index (χ0n) is 8.10. The number of hydrogen-bond donors (Lipinski definition) is 0. The van der Waals surface area contributed by atoms with Crippen molar-refractivity contribution < 1.29 is 23.8 Å². The first-order valence-corrected chi connectivity index (χ1v) is 4.19. The summed E-state index contributed by atoms with van der Waals surface area (Å²) in [5.41, 5.74) is 8.02. The van der Waals surface area contributed by atoms with Gasteiger partial charge >= 0.3 is 12.2 Å². The van der Waals surface area contributed by atoms with Crippen molar-refractivity contribution in [3.05, 3.63) is 5.53 Å². The molecule has 1 aliphatic heterocycles. The molecular weight excluding hydrogens is 188 g/mol. The summed E-state index contributed by atoms with van der Waals surface area (Å²) < 4.78 is 15.3. The van der Waals surface area contributed by atoms with E-state index in [4.69, 9.17) is 19.7 Å². The predicted octanol–water partition coefficient (Wildman–Crippen LogP) is -0.0183. The van der Waals surface area contributed by atoms with E-state index in [9.17, 15) is 4.79 Å². The third-order valence-electron chi connectivity index (χ3n) is 1.64. The Morgan fingerprint density at radius 3 is 3.00 bits per heavy atom. The van der Waals surface area contributed by atoms with Gasteiger partial charge in [-0.3, -0.25) is 0 Å². The molecule has 1 fully saturated rings. The van der Waals surface area contributed by atoms with Crippen molar-refractivity contribution in [1.29, 1.82) is 0 Å². The van der Waals surface area contributed by atoms with Crippen LogP contribution >= 0.6 is 0 Å². The Morgan fingerprint density at radius 2 is 2.50 bits per heavy atom. The normalized spacial score (nSPS) is 24.0. The fourth-order valence-corrected chi connectivity index (χ4v) is 1.10. The van der Waals surface area contributed by atoms with Crippen LogP contribution in [-0.2, 0) is 19.0 Å². The van der Waals surface area contributed by atoms with E-state index in [1.165, 1.54) is 0 Å². The van der Waals surface area contributed by atoms with Gasteiger partial charge in [0.1, 0.15) is 12.7 Å². The highest BCUT2D eigenvalue weighted by Gasteiger charge is 2.33. The number of carbonyl (C=O) groups is 1. The molecule has 0 N–H and O–H groups in total. The lowest BCUT2D eigenvalue weighted by atomic mass is 10.4. The Kier molecular flexibility index (Phi) is 3.35. The molecule has 1 aliphatic rings. The average Bonchev–Trinajstić information content (AvgIpc) is 2.43. The maximum Gasteiger partial charge on any atom is 0.413 e. The van der Waals surface area contributed by atoms with Gasteiger partial charge in [-0.25, -0.2) is 4.79 Å². The van der Waals surface area contributed by atoms with Crippen LogP contribution in [0.1, 0.15) is 13.8 Å². The lowest BCUT2D eigenvalue weighted by Crippen LogP contribution is -2.25. The van der Waals surface area contributed by atoms with Gasteiger partial charge in [-0.1, -0.05) is 0 Å². The van der Waals surface area contributed by atoms with E-state index >= 15 is 0 Å². The van der Waals surface area contributed by atoms with Gasteiger partial charge in [0.25, 0.3) is 0 Å². The van der Waals surface area contributed by atoms with Crippen LogP contribution in [0.3, 0.4) is 0 Å². The largest absolute Gasteiger partial charge is 0.454 e. The molecule has 0 radical (unpaired) electrons. The topological polar surface area (TPSA) is 81.2 Å². The molecule has 1 rings (SSSR count). The second kappa shape index (κ2) is 4.32. The molecule has 0 aromatic rings. The molecule has 0 amide bonds. The molecule has 0 aliphatic carbocycles. The van der Waals surface area contributed by atoms with Crippen LogP contribution in [-0.4, -0.2) is 42.1 Å². The molecule has 6 heteroatoms. The molecular formula is C8H12N2O4. The van der Waals surface area contributed by atoms with E-state index < -0.39 is 11.8 Å². The Labute approximate surface area is 81.4 Å². The molecule has 0 unspecified atom stereocenters. The molecule has 6 nitrogen and oxygen atoms in total. The number of nitrogens with zero attached hydrogens (tertiary/aromatic N) is 2. The molecule has 78 valence electrons. The summed E-state index contributed by atoms with van der Waals surface area (Å²) in [5.74, 6) is -1.33. The number of rotatable bonds is 3. The number of hydrogen-bond acceptors (Lipinski definition) is 4. The predicted molar refractivity (Wildman–Crippen MR) is 45.5 cm³/mol. The van der Waals surface area contributed by atoms with Gasteiger partial charge in [0.15, 0.2) is 5.79 Å². The minimum absolute atomic E-state index is 0.0916. The van der Waals surface area contributed by atoms with Crippen LogP contribution in [0.5, 0.6) is 0 Å². The summed E-state index contributed by atoms with van der Waals surface area (Å²) in [6.45, 7) is 4.04. The summed E-state index contributed by atoms with van der Waals surface area (Å²) in [6.07, 6.45) is 0.419. The highest BCUT2D eigenvalue weighted by molar-refractivity contribution is 6.20. The number of esters is 1. The lowest BCUT2D eigenvalue weighted by molar-refractivity contribution is -0.155. The Bertz CT molecular complexity index is 271. The van der Waals surface area contributed by atoms with Crippen molar-refractivity contribution in [1.82, 2.24) is 0 Å². The second-order valence-electron chi connectivity index (χ2n) is 3.33. The van der Waals surface area contributed by atoms with Crippen molar-refractivity contribution in [2.24, 2.45) is 0 Å². The first-order chi connectivity index (χ1) is 6.53. The van der Waals surface area contributed by atoms with Crippen LogP contribution in [0.25, 0.3) is 5.53 Å². The van der Waals surface area contributed by atoms with Gasteiger partial charge in [-0.2, -0.15) is 4.79 Å². The van der Waals surface area contributed by atoms with Crippen molar-refractivity contribution in [2.75, 3.05) is 13.2 Å². The molecule has 1 saturated heterocycles. The Hall–Kier alpha value is -1.23. The Morgan fingerprint density at radius 1 is 1.79 bits per heavy atom. The van der Waals surface area contributed by atoms with E-state index in [-0.39, 0.29) is 12.7 Å². The van der Waals surface area contributed by atoms with Crippen LogP contribution in [0, 0.1) is 0 Å². The summed E-state index contributed by atoms with van der Waals surface area (Å²) in [4.78, 5) is 13.3. The molecule has 1 heterocycles.